The van der Waals surface area contributed by atoms with E-state index < -0.39 is 0 Å². The van der Waals surface area contributed by atoms with E-state index in [9.17, 15) is 9.18 Å². The van der Waals surface area contributed by atoms with Crippen LogP contribution >= 0.6 is 22.9 Å². The number of thiophene rings is 1. The van der Waals surface area contributed by atoms with Crippen LogP contribution in [0.4, 0.5) is 4.39 Å². The van der Waals surface area contributed by atoms with Crippen LogP contribution in [-0.4, -0.2) is 10.5 Å². The van der Waals surface area contributed by atoms with Crippen LogP contribution in [0.15, 0.2) is 66.0 Å². The number of benzene rings is 2. The minimum Gasteiger partial charge on any atom is -0.350 e. The van der Waals surface area contributed by atoms with Crippen LogP contribution in [0, 0.1) is 5.82 Å². The highest BCUT2D eigenvalue weighted by Crippen LogP contribution is 2.31. The van der Waals surface area contributed by atoms with E-state index in [1.165, 1.54) is 12.1 Å². The Morgan fingerprint density at radius 2 is 1.93 bits per heavy atom. The van der Waals surface area contributed by atoms with Gasteiger partial charge in [-0.15, -0.1) is 11.3 Å². The van der Waals surface area contributed by atoms with Crippen molar-refractivity contribution in [1.29, 1.82) is 0 Å². The molecule has 0 radical (unpaired) electrons. The molecular weight excluding hydrogens is 383 g/mol. The summed E-state index contributed by atoms with van der Waals surface area (Å²) >= 11 is 7.48. The minimum absolute atomic E-state index is 0.107. The van der Waals surface area contributed by atoms with Crippen molar-refractivity contribution in [3.63, 3.8) is 0 Å². The van der Waals surface area contributed by atoms with Crippen molar-refractivity contribution in [2.45, 2.75) is 13.1 Å². The number of aromatic nitrogens is 1. The number of nitrogens with zero attached hydrogens (tertiary/aromatic N) is 1. The lowest BCUT2D eigenvalue weighted by Gasteiger charge is -2.11. The van der Waals surface area contributed by atoms with Gasteiger partial charge in [-0.2, -0.15) is 0 Å². The average Bonchev–Trinajstić information content (AvgIpc) is 3.29. The molecule has 0 aliphatic carbocycles. The van der Waals surface area contributed by atoms with Crippen molar-refractivity contribution in [1.82, 2.24) is 9.88 Å². The Hall–Kier alpha value is -2.63. The van der Waals surface area contributed by atoms with Gasteiger partial charge in [0.05, 0.1) is 10.6 Å². The second-order valence-corrected chi connectivity index (χ2v) is 7.58. The monoisotopic (exact) mass is 398 g/mol. The summed E-state index contributed by atoms with van der Waals surface area (Å²) in [4.78, 5) is 13.6. The van der Waals surface area contributed by atoms with Crippen molar-refractivity contribution in [2.75, 3.05) is 0 Å². The highest BCUT2D eigenvalue weighted by atomic mass is 35.5. The third-order valence-electron chi connectivity index (χ3n) is 4.34. The van der Waals surface area contributed by atoms with E-state index in [-0.39, 0.29) is 18.3 Å². The molecule has 27 heavy (non-hydrogen) atoms. The number of carbonyl (C=O) groups excluding carboxylic acids is 1. The summed E-state index contributed by atoms with van der Waals surface area (Å²) in [5, 5.41) is 6.36. The molecule has 0 aliphatic rings. The van der Waals surface area contributed by atoms with Gasteiger partial charge >= 0.3 is 0 Å². The summed E-state index contributed by atoms with van der Waals surface area (Å²) in [6.45, 7) is 0.591. The molecule has 0 aliphatic heterocycles. The summed E-state index contributed by atoms with van der Waals surface area (Å²) in [6, 6.07) is 17.9. The Morgan fingerprint density at radius 1 is 1.11 bits per heavy atom. The molecule has 0 saturated carbocycles. The Bertz CT molecular complexity index is 1090. The summed E-state index contributed by atoms with van der Waals surface area (Å²) in [6.07, 6.45) is 0. The molecule has 1 amide bonds. The molecule has 1 N–H and O–H groups in total. The van der Waals surface area contributed by atoms with Gasteiger partial charge in [-0.3, -0.25) is 4.79 Å². The topological polar surface area (TPSA) is 34.0 Å². The lowest BCUT2D eigenvalue weighted by molar-refractivity contribution is -0.121. The Balaban J connectivity index is 1.59. The van der Waals surface area contributed by atoms with E-state index in [4.69, 9.17) is 11.6 Å². The molecule has 2 aromatic heterocycles. The van der Waals surface area contributed by atoms with Crippen LogP contribution < -0.4 is 5.32 Å². The number of amides is 1. The number of halogens is 2. The van der Waals surface area contributed by atoms with Gasteiger partial charge in [-0.25, -0.2) is 4.39 Å². The van der Waals surface area contributed by atoms with E-state index in [1.54, 1.807) is 29.5 Å². The van der Waals surface area contributed by atoms with Gasteiger partial charge in [0, 0.05) is 22.5 Å². The molecular formula is C21H16ClFN2OS. The van der Waals surface area contributed by atoms with E-state index in [2.05, 4.69) is 5.32 Å². The molecule has 0 saturated heterocycles. The standard InChI is InChI=1S/C21H16ClFN2OS/c22-16-5-3-14(4-6-16)12-24-21(26)13-25-18-8-7-17(23)10-15(18)11-19(25)20-2-1-9-27-20/h1-11H,12-13H2,(H,24,26). The lowest BCUT2D eigenvalue weighted by atomic mass is 10.2. The maximum absolute atomic E-state index is 13.6. The van der Waals surface area contributed by atoms with Gasteiger partial charge in [-0.1, -0.05) is 29.8 Å². The molecule has 6 heteroatoms. The van der Waals surface area contributed by atoms with Gasteiger partial charge < -0.3 is 9.88 Å². The molecule has 4 aromatic rings. The van der Waals surface area contributed by atoms with Crippen LogP contribution in [0.2, 0.25) is 5.02 Å². The smallest absolute Gasteiger partial charge is 0.240 e. The van der Waals surface area contributed by atoms with Crippen LogP contribution in [-0.2, 0) is 17.9 Å². The van der Waals surface area contributed by atoms with Gasteiger partial charge in [0.1, 0.15) is 12.4 Å². The Morgan fingerprint density at radius 3 is 2.67 bits per heavy atom. The molecule has 3 nitrogen and oxygen atoms in total. The van der Waals surface area contributed by atoms with Gasteiger partial charge in [-0.05, 0) is 53.4 Å². The van der Waals surface area contributed by atoms with E-state index in [0.29, 0.717) is 11.6 Å². The molecule has 136 valence electrons. The summed E-state index contributed by atoms with van der Waals surface area (Å²) < 4.78 is 15.6. The van der Waals surface area contributed by atoms with Crippen molar-refractivity contribution in [3.05, 3.63) is 82.4 Å². The SMILES string of the molecule is O=C(Cn1c(-c2cccs2)cc2cc(F)ccc21)NCc1ccc(Cl)cc1. The minimum atomic E-state index is -0.287. The van der Waals surface area contributed by atoms with Gasteiger partial charge in [0.2, 0.25) is 5.91 Å². The fraction of sp³-hybridized carbons (Fsp3) is 0.0952. The first-order chi connectivity index (χ1) is 13.1. The first kappa shape index (κ1) is 17.8. The number of nitrogens with one attached hydrogen (secondary N) is 1. The lowest BCUT2D eigenvalue weighted by Crippen LogP contribution is -2.27. The third-order valence-corrected chi connectivity index (χ3v) is 5.49. The molecule has 2 heterocycles. The number of hydrogen-bond acceptors (Lipinski definition) is 2. The second-order valence-electron chi connectivity index (χ2n) is 6.20. The first-order valence-electron chi connectivity index (χ1n) is 8.44. The quantitative estimate of drug-likeness (QED) is 0.474. The first-order valence-corrected chi connectivity index (χ1v) is 9.70. The van der Waals surface area contributed by atoms with Crippen LogP contribution in [0.3, 0.4) is 0 Å². The molecule has 0 bridgehead atoms. The summed E-state index contributed by atoms with van der Waals surface area (Å²) in [5.74, 6) is -0.394. The van der Waals surface area contributed by atoms with E-state index in [1.807, 2.05) is 40.3 Å². The molecule has 0 unspecified atom stereocenters. The normalized spacial score (nSPS) is 11.0. The summed E-state index contributed by atoms with van der Waals surface area (Å²) in [7, 11) is 0. The van der Waals surface area contributed by atoms with Crippen LogP contribution in [0.5, 0.6) is 0 Å². The number of rotatable bonds is 5. The Labute approximate surface area is 165 Å². The molecule has 2 aromatic carbocycles. The number of hydrogen-bond donors (Lipinski definition) is 1. The molecule has 0 spiro atoms. The highest BCUT2D eigenvalue weighted by molar-refractivity contribution is 7.13. The van der Waals surface area contributed by atoms with Gasteiger partial charge in [0.15, 0.2) is 0 Å². The maximum atomic E-state index is 13.6. The predicted molar refractivity (Wildman–Crippen MR) is 109 cm³/mol. The van der Waals surface area contributed by atoms with E-state index >= 15 is 0 Å². The van der Waals surface area contributed by atoms with Gasteiger partial charge in [0.25, 0.3) is 0 Å². The fourth-order valence-corrected chi connectivity index (χ4v) is 3.92. The second kappa shape index (κ2) is 7.55. The zero-order valence-electron chi connectivity index (χ0n) is 14.3. The van der Waals surface area contributed by atoms with Crippen molar-refractivity contribution in [2.24, 2.45) is 0 Å². The average molecular weight is 399 g/mol. The third kappa shape index (κ3) is 3.89. The van der Waals surface area contributed by atoms with Crippen molar-refractivity contribution < 1.29 is 9.18 Å². The van der Waals surface area contributed by atoms with Crippen LogP contribution in [0.1, 0.15) is 5.56 Å². The van der Waals surface area contributed by atoms with Crippen molar-refractivity contribution >= 4 is 39.7 Å². The largest absolute Gasteiger partial charge is 0.350 e. The molecule has 0 fully saturated rings. The maximum Gasteiger partial charge on any atom is 0.240 e. The zero-order chi connectivity index (χ0) is 18.8. The van der Waals surface area contributed by atoms with Crippen LogP contribution in [0.25, 0.3) is 21.5 Å². The molecule has 0 atom stereocenters. The fourth-order valence-electron chi connectivity index (χ4n) is 3.04. The van der Waals surface area contributed by atoms with Crippen molar-refractivity contribution in [3.8, 4) is 10.6 Å². The number of fused-ring (bicyclic) bond motifs is 1. The number of carbonyl (C=O) groups is 1. The highest BCUT2D eigenvalue weighted by Gasteiger charge is 2.15. The summed E-state index contributed by atoms with van der Waals surface area (Å²) in [5.41, 5.74) is 2.72. The molecule has 4 rings (SSSR count). The van der Waals surface area contributed by atoms with E-state index in [0.717, 1.165) is 27.0 Å². The predicted octanol–water partition coefficient (Wildman–Crippen LogP) is 5.48. The Kier molecular flexibility index (Phi) is 4.97. The zero-order valence-corrected chi connectivity index (χ0v) is 15.9.